The summed E-state index contributed by atoms with van der Waals surface area (Å²) in [6.45, 7) is 0. The van der Waals surface area contributed by atoms with Crippen LogP contribution in [0.2, 0.25) is 0 Å². The molecular formula is C52H32N2OS. The van der Waals surface area contributed by atoms with Crippen LogP contribution in [0, 0.1) is 0 Å². The normalized spacial score (nSPS) is 11.9. The molecule has 262 valence electrons. The van der Waals surface area contributed by atoms with E-state index < -0.39 is 0 Å². The van der Waals surface area contributed by atoms with Gasteiger partial charge in [0.15, 0.2) is 0 Å². The standard InChI is InChI=1S/C52H32N2OS/c1-2-15-38-33(12-1)26-31-44-50-47(23-11-24-48(50)55-51(38)44)53(35-27-29-36(30-28-35)54-45-21-6-3-16-40(45)41-17-4-7-22-46(41)54)37-14-9-13-34(32-37)39-19-10-20-43-42-18-5-8-25-49(42)56-52(39)43/h1-32H. The van der Waals surface area contributed by atoms with Gasteiger partial charge in [0.2, 0.25) is 0 Å². The van der Waals surface area contributed by atoms with Gasteiger partial charge in [-0.2, -0.15) is 0 Å². The van der Waals surface area contributed by atoms with Gasteiger partial charge < -0.3 is 13.9 Å². The van der Waals surface area contributed by atoms with Crippen molar-refractivity contribution in [2.24, 2.45) is 0 Å². The molecule has 3 aromatic heterocycles. The molecule has 0 aliphatic rings. The minimum atomic E-state index is 0.868. The summed E-state index contributed by atoms with van der Waals surface area (Å²) in [6.07, 6.45) is 0. The van der Waals surface area contributed by atoms with Crippen LogP contribution >= 0.6 is 11.3 Å². The van der Waals surface area contributed by atoms with Gasteiger partial charge >= 0.3 is 0 Å². The molecule has 0 saturated heterocycles. The summed E-state index contributed by atoms with van der Waals surface area (Å²) in [5, 5.41) is 9.60. The third kappa shape index (κ3) is 4.63. The molecule has 4 heteroatoms. The van der Waals surface area contributed by atoms with E-state index in [1.807, 2.05) is 11.3 Å². The maximum Gasteiger partial charge on any atom is 0.143 e. The molecule has 12 aromatic rings. The Morgan fingerprint density at radius 1 is 0.464 bits per heavy atom. The molecule has 56 heavy (non-hydrogen) atoms. The molecule has 0 N–H and O–H groups in total. The van der Waals surface area contributed by atoms with Gasteiger partial charge in [-0.3, -0.25) is 0 Å². The van der Waals surface area contributed by atoms with Gasteiger partial charge in [-0.15, -0.1) is 11.3 Å². The molecule has 0 aliphatic carbocycles. The van der Waals surface area contributed by atoms with Gasteiger partial charge in [-0.25, -0.2) is 0 Å². The van der Waals surface area contributed by atoms with Crippen LogP contribution < -0.4 is 4.90 Å². The first kappa shape index (κ1) is 31.2. The van der Waals surface area contributed by atoms with E-state index in [0.29, 0.717) is 0 Å². The quantitative estimate of drug-likeness (QED) is 0.176. The average molecular weight is 733 g/mol. The minimum Gasteiger partial charge on any atom is -0.455 e. The van der Waals surface area contributed by atoms with Crippen LogP contribution in [0.3, 0.4) is 0 Å². The van der Waals surface area contributed by atoms with Crippen LogP contribution in [0.4, 0.5) is 17.1 Å². The van der Waals surface area contributed by atoms with Crippen molar-refractivity contribution in [3.05, 3.63) is 194 Å². The second kappa shape index (κ2) is 12.2. The Kier molecular flexibility index (Phi) is 6.80. The van der Waals surface area contributed by atoms with E-state index in [9.17, 15) is 0 Å². The van der Waals surface area contributed by atoms with Gasteiger partial charge in [-0.1, -0.05) is 121 Å². The summed E-state index contributed by atoms with van der Waals surface area (Å²) in [5.41, 5.74) is 10.9. The number of anilines is 3. The Morgan fingerprint density at radius 3 is 1.96 bits per heavy atom. The molecule has 0 fully saturated rings. The third-order valence-electron chi connectivity index (χ3n) is 11.4. The fourth-order valence-corrected chi connectivity index (χ4v) is 10.1. The summed E-state index contributed by atoms with van der Waals surface area (Å²) in [6, 6.07) is 70.2. The Bertz CT molecular complexity index is 3440. The molecule has 0 amide bonds. The van der Waals surface area contributed by atoms with E-state index in [2.05, 4.69) is 204 Å². The van der Waals surface area contributed by atoms with Crippen LogP contribution in [0.25, 0.3) is 91.5 Å². The molecule has 12 rings (SSSR count). The van der Waals surface area contributed by atoms with E-state index >= 15 is 0 Å². The SMILES string of the molecule is c1cc(-c2cccc3c2sc2ccccc23)cc(N(c2ccc(-n3c4ccccc4c4ccccc43)cc2)c2cccc3oc4c5ccccc5ccc4c23)c1. The predicted octanol–water partition coefficient (Wildman–Crippen LogP) is 15.3. The molecule has 3 nitrogen and oxygen atoms in total. The molecule has 0 unspecified atom stereocenters. The van der Waals surface area contributed by atoms with Crippen LogP contribution in [0.15, 0.2) is 199 Å². The Balaban J connectivity index is 1.08. The number of nitrogens with zero attached hydrogens (tertiary/aromatic N) is 2. The lowest BCUT2D eigenvalue weighted by Gasteiger charge is -2.27. The highest BCUT2D eigenvalue weighted by Gasteiger charge is 2.22. The van der Waals surface area contributed by atoms with Crippen molar-refractivity contribution in [2.75, 3.05) is 4.90 Å². The molecule has 0 atom stereocenters. The van der Waals surface area contributed by atoms with Crippen LogP contribution in [-0.2, 0) is 0 Å². The molecule has 3 heterocycles. The summed E-state index contributed by atoms with van der Waals surface area (Å²) < 4.78 is 11.7. The number of aromatic nitrogens is 1. The van der Waals surface area contributed by atoms with Crippen molar-refractivity contribution >= 4 is 103 Å². The molecule has 0 spiro atoms. The largest absolute Gasteiger partial charge is 0.455 e. The number of para-hydroxylation sites is 2. The maximum atomic E-state index is 6.72. The molecule has 0 bridgehead atoms. The first-order valence-electron chi connectivity index (χ1n) is 19.0. The van der Waals surface area contributed by atoms with Crippen LogP contribution in [-0.4, -0.2) is 4.57 Å². The molecule has 9 aromatic carbocycles. The van der Waals surface area contributed by atoms with Crippen molar-refractivity contribution in [1.82, 2.24) is 4.57 Å². The van der Waals surface area contributed by atoms with Crippen LogP contribution in [0.5, 0.6) is 0 Å². The van der Waals surface area contributed by atoms with Crippen molar-refractivity contribution in [1.29, 1.82) is 0 Å². The fraction of sp³-hybridized carbons (Fsp3) is 0. The monoisotopic (exact) mass is 732 g/mol. The van der Waals surface area contributed by atoms with Crippen molar-refractivity contribution < 1.29 is 4.42 Å². The third-order valence-corrected chi connectivity index (χ3v) is 12.6. The van der Waals surface area contributed by atoms with Crippen LogP contribution in [0.1, 0.15) is 0 Å². The molecule has 0 aliphatic heterocycles. The van der Waals surface area contributed by atoms with Gasteiger partial charge in [0.05, 0.1) is 22.1 Å². The van der Waals surface area contributed by atoms with E-state index in [1.165, 1.54) is 58.5 Å². The van der Waals surface area contributed by atoms with E-state index in [4.69, 9.17) is 4.42 Å². The highest BCUT2D eigenvalue weighted by atomic mass is 32.1. The smallest absolute Gasteiger partial charge is 0.143 e. The van der Waals surface area contributed by atoms with E-state index in [-0.39, 0.29) is 0 Å². The molecular weight excluding hydrogens is 701 g/mol. The Hall–Kier alpha value is -7.14. The van der Waals surface area contributed by atoms with Crippen molar-refractivity contribution in [3.8, 4) is 16.8 Å². The lowest BCUT2D eigenvalue weighted by Crippen LogP contribution is -2.10. The van der Waals surface area contributed by atoms with E-state index in [1.54, 1.807) is 0 Å². The lowest BCUT2D eigenvalue weighted by molar-refractivity contribution is 0.672. The van der Waals surface area contributed by atoms with Gasteiger partial charge in [0.1, 0.15) is 11.2 Å². The lowest BCUT2D eigenvalue weighted by atomic mass is 10.0. The van der Waals surface area contributed by atoms with Gasteiger partial charge in [0.25, 0.3) is 0 Å². The van der Waals surface area contributed by atoms with Gasteiger partial charge in [-0.05, 0) is 89.3 Å². The van der Waals surface area contributed by atoms with E-state index in [0.717, 1.165) is 50.1 Å². The maximum absolute atomic E-state index is 6.72. The molecule has 0 radical (unpaired) electrons. The second-order valence-electron chi connectivity index (χ2n) is 14.5. The number of fused-ring (bicyclic) bond motifs is 11. The highest BCUT2D eigenvalue weighted by molar-refractivity contribution is 7.26. The zero-order chi connectivity index (χ0) is 36.7. The minimum absolute atomic E-state index is 0.868. The number of furan rings is 1. The summed E-state index contributed by atoms with van der Waals surface area (Å²) in [5.74, 6) is 0. The number of hydrogen-bond acceptors (Lipinski definition) is 3. The first-order valence-corrected chi connectivity index (χ1v) is 19.8. The summed E-state index contributed by atoms with van der Waals surface area (Å²) >= 11 is 1.87. The zero-order valence-electron chi connectivity index (χ0n) is 30.2. The summed E-state index contributed by atoms with van der Waals surface area (Å²) in [7, 11) is 0. The number of thiophene rings is 1. The van der Waals surface area contributed by atoms with Gasteiger partial charge in [0, 0.05) is 58.8 Å². The Labute approximate surface area is 326 Å². The first-order chi connectivity index (χ1) is 27.8. The van der Waals surface area contributed by atoms with Crippen molar-refractivity contribution in [2.45, 2.75) is 0 Å². The number of rotatable bonds is 5. The second-order valence-corrected chi connectivity index (χ2v) is 15.5. The average Bonchev–Trinajstić information content (AvgIpc) is 3.95. The zero-order valence-corrected chi connectivity index (χ0v) is 31.0. The highest BCUT2D eigenvalue weighted by Crippen LogP contribution is 2.46. The number of benzene rings is 9. The molecule has 0 saturated carbocycles. The Morgan fingerprint density at radius 2 is 1.14 bits per heavy atom. The predicted molar refractivity (Wildman–Crippen MR) is 239 cm³/mol. The van der Waals surface area contributed by atoms with Crippen molar-refractivity contribution in [3.63, 3.8) is 0 Å². The topological polar surface area (TPSA) is 21.3 Å². The fourth-order valence-electron chi connectivity index (χ4n) is 8.89. The summed E-state index contributed by atoms with van der Waals surface area (Å²) in [4.78, 5) is 2.40. The number of hydrogen-bond donors (Lipinski definition) is 0.